The average molecular weight is 346 g/mol. The van der Waals surface area contributed by atoms with E-state index in [0.717, 1.165) is 17.9 Å². The second-order valence-electron chi connectivity index (χ2n) is 5.94. The standard InChI is InChI=1S/C19H20F2N2O2/c20-16-6-7-18(17(21)12-16)22-8-10-23(11-9-22)19(13-24)25-14-15-4-2-1-3-5-15/h1-7,12-13,19H,8-11,14H2. The van der Waals surface area contributed by atoms with Gasteiger partial charge in [-0.2, -0.15) is 0 Å². The molecule has 6 heteroatoms. The van der Waals surface area contributed by atoms with Gasteiger partial charge in [0.2, 0.25) is 0 Å². The maximum Gasteiger partial charge on any atom is 0.167 e. The number of aldehydes is 1. The number of carbonyl (C=O) groups excluding carboxylic acids is 1. The van der Waals surface area contributed by atoms with E-state index in [4.69, 9.17) is 4.74 Å². The Morgan fingerprint density at radius 3 is 2.40 bits per heavy atom. The van der Waals surface area contributed by atoms with E-state index in [1.165, 1.54) is 12.1 Å². The van der Waals surface area contributed by atoms with Crippen molar-refractivity contribution in [1.82, 2.24) is 4.90 Å². The van der Waals surface area contributed by atoms with Gasteiger partial charge in [-0.05, 0) is 17.7 Å². The summed E-state index contributed by atoms with van der Waals surface area (Å²) in [4.78, 5) is 15.2. The minimum atomic E-state index is -0.625. The molecule has 0 bridgehead atoms. The molecule has 0 aliphatic carbocycles. The van der Waals surface area contributed by atoms with Crippen LogP contribution in [0.15, 0.2) is 48.5 Å². The molecule has 2 aromatic carbocycles. The Bertz CT molecular complexity index is 704. The van der Waals surface area contributed by atoms with Gasteiger partial charge in [-0.25, -0.2) is 8.78 Å². The first-order valence-corrected chi connectivity index (χ1v) is 8.22. The van der Waals surface area contributed by atoms with E-state index in [9.17, 15) is 13.6 Å². The maximum absolute atomic E-state index is 13.9. The zero-order valence-electron chi connectivity index (χ0n) is 13.8. The molecule has 0 spiro atoms. The Balaban J connectivity index is 1.55. The fraction of sp³-hybridized carbons (Fsp3) is 0.316. The summed E-state index contributed by atoms with van der Waals surface area (Å²) in [5.41, 5.74) is 1.38. The molecule has 1 atom stereocenters. The smallest absolute Gasteiger partial charge is 0.167 e. The molecule has 3 rings (SSSR count). The molecule has 0 radical (unpaired) electrons. The van der Waals surface area contributed by atoms with E-state index in [-0.39, 0.29) is 0 Å². The molecule has 0 N–H and O–H groups in total. The Morgan fingerprint density at radius 2 is 1.76 bits per heavy atom. The van der Waals surface area contributed by atoms with Gasteiger partial charge >= 0.3 is 0 Å². The summed E-state index contributed by atoms with van der Waals surface area (Å²) in [6, 6.07) is 13.2. The van der Waals surface area contributed by atoms with Crippen LogP contribution in [0.5, 0.6) is 0 Å². The third-order valence-corrected chi connectivity index (χ3v) is 4.30. The maximum atomic E-state index is 13.9. The number of ether oxygens (including phenoxy) is 1. The topological polar surface area (TPSA) is 32.8 Å². The van der Waals surface area contributed by atoms with Gasteiger partial charge in [-0.3, -0.25) is 9.69 Å². The lowest BCUT2D eigenvalue weighted by Gasteiger charge is -2.38. The van der Waals surface area contributed by atoms with Crippen molar-refractivity contribution < 1.29 is 18.3 Å². The van der Waals surface area contributed by atoms with E-state index >= 15 is 0 Å². The summed E-state index contributed by atoms with van der Waals surface area (Å²) in [6.45, 7) is 2.57. The van der Waals surface area contributed by atoms with Crippen molar-refractivity contribution >= 4 is 12.0 Å². The van der Waals surface area contributed by atoms with Crippen LogP contribution in [0.25, 0.3) is 0 Å². The molecule has 0 saturated carbocycles. The largest absolute Gasteiger partial charge is 0.367 e. The minimum Gasteiger partial charge on any atom is -0.367 e. The van der Waals surface area contributed by atoms with E-state index in [0.29, 0.717) is 38.5 Å². The fourth-order valence-corrected chi connectivity index (χ4v) is 2.94. The zero-order valence-corrected chi connectivity index (χ0v) is 13.8. The van der Waals surface area contributed by atoms with Crippen molar-refractivity contribution in [3.8, 4) is 0 Å². The highest BCUT2D eigenvalue weighted by molar-refractivity contribution is 5.56. The Kier molecular flexibility index (Phi) is 5.73. The number of rotatable bonds is 6. The van der Waals surface area contributed by atoms with Gasteiger partial charge in [0.1, 0.15) is 11.6 Å². The number of piperazine rings is 1. The third-order valence-electron chi connectivity index (χ3n) is 4.30. The summed E-state index contributed by atoms with van der Waals surface area (Å²) < 4.78 is 32.6. The summed E-state index contributed by atoms with van der Waals surface area (Å²) in [5, 5.41) is 0. The second kappa shape index (κ2) is 8.18. The van der Waals surface area contributed by atoms with Gasteiger partial charge in [0.05, 0.1) is 12.3 Å². The van der Waals surface area contributed by atoms with Crippen LogP contribution in [0.3, 0.4) is 0 Å². The van der Waals surface area contributed by atoms with Crippen LogP contribution in [0.4, 0.5) is 14.5 Å². The Labute approximate surface area is 145 Å². The molecule has 132 valence electrons. The van der Waals surface area contributed by atoms with Gasteiger partial charge in [-0.1, -0.05) is 30.3 Å². The number of benzene rings is 2. The molecule has 0 aromatic heterocycles. The number of hydrogen-bond donors (Lipinski definition) is 0. The molecule has 1 unspecified atom stereocenters. The van der Waals surface area contributed by atoms with Crippen LogP contribution >= 0.6 is 0 Å². The summed E-state index contributed by atoms with van der Waals surface area (Å²) in [6.07, 6.45) is 0.164. The molecule has 4 nitrogen and oxygen atoms in total. The van der Waals surface area contributed by atoms with Crippen molar-refractivity contribution in [3.05, 3.63) is 65.7 Å². The Morgan fingerprint density at radius 1 is 1.04 bits per heavy atom. The van der Waals surface area contributed by atoms with E-state index in [1.807, 2.05) is 40.1 Å². The summed E-state index contributed by atoms with van der Waals surface area (Å²) in [7, 11) is 0. The SMILES string of the molecule is O=CC(OCc1ccccc1)N1CCN(c2ccc(F)cc2F)CC1. The highest BCUT2D eigenvalue weighted by Crippen LogP contribution is 2.22. The highest BCUT2D eigenvalue weighted by atomic mass is 19.1. The van der Waals surface area contributed by atoms with Crippen LogP contribution in [0, 0.1) is 11.6 Å². The lowest BCUT2D eigenvalue weighted by atomic mass is 10.2. The highest BCUT2D eigenvalue weighted by Gasteiger charge is 2.25. The molecule has 1 aliphatic heterocycles. The molecule has 25 heavy (non-hydrogen) atoms. The average Bonchev–Trinajstić information content (AvgIpc) is 2.64. The third kappa shape index (κ3) is 4.41. The molecule has 1 heterocycles. The molecular formula is C19H20F2N2O2. The molecular weight excluding hydrogens is 326 g/mol. The lowest BCUT2D eigenvalue weighted by Crippen LogP contribution is -2.51. The predicted octanol–water partition coefficient (Wildman–Crippen LogP) is 2.83. The number of carbonyl (C=O) groups is 1. The van der Waals surface area contributed by atoms with Crippen LogP contribution in [-0.2, 0) is 16.1 Å². The monoisotopic (exact) mass is 346 g/mol. The van der Waals surface area contributed by atoms with E-state index in [1.54, 1.807) is 0 Å². The van der Waals surface area contributed by atoms with Crippen molar-refractivity contribution in [3.63, 3.8) is 0 Å². The second-order valence-corrected chi connectivity index (χ2v) is 5.94. The first kappa shape index (κ1) is 17.5. The molecule has 1 saturated heterocycles. The first-order chi connectivity index (χ1) is 12.2. The van der Waals surface area contributed by atoms with Gasteiger partial charge in [0.15, 0.2) is 12.5 Å². The van der Waals surface area contributed by atoms with Gasteiger partial charge in [-0.15, -0.1) is 0 Å². The quantitative estimate of drug-likeness (QED) is 0.753. The van der Waals surface area contributed by atoms with E-state index < -0.39 is 17.9 Å². The fourth-order valence-electron chi connectivity index (χ4n) is 2.94. The molecule has 2 aromatic rings. The summed E-state index contributed by atoms with van der Waals surface area (Å²) in [5.74, 6) is -1.16. The number of halogens is 2. The van der Waals surface area contributed by atoms with E-state index in [2.05, 4.69) is 0 Å². The van der Waals surface area contributed by atoms with Crippen molar-refractivity contribution in [2.75, 3.05) is 31.1 Å². The first-order valence-electron chi connectivity index (χ1n) is 8.22. The molecule has 0 amide bonds. The lowest BCUT2D eigenvalue weighted by molar-refractivity contribution is -0.133. The van der Waals surface area contributed by atoms with Crippen molar-refractivity contribution in [2.24, 2.45) is 0 Å². The Hall–Kier alpha value is -2.31. The van der Waals surface area contributed by atoms with Crippen LogP contribution in [-0.4, -0.2) is 43.6 Å². The van der Waals surface area contributed by atoms with Gasteiger partial charge in [0, 0.05) is 32.2 Å². The van der Waals surface area contributed by atoms with Crippen LogP contribution < -0.4 is 4.90 Å². The number of hydrogen-bond acceptors (Lipinski definition) is 4. The normalized spacial score (nSPS) is 16.6. The molecule has 1 fully saturated rings. The number of anilines is 1. The van der Waals surface area contributed by atoms with Gasteiger partial charge in [0.25, 0.3) is 0 Å². The van der Waals surface area contributed by atoms with Crippen molar-refractivity contribution in [1.29, 1.82) is 0 Å². The van der Waals surface area contributed by atoms with Crippen LogP contribution in [0.2, 0.25) is 0 Å². The van der Waals surface area contributed by atoms with Crippen molar-refractivity contribution in [2.45, 2.75) is 12.8 Å². The van der Waals surface area contributed by atoms with Crippen LogP contribution in [0.1, 0.15) is 5.56 Å². The summed E-state index contributed by atoms with van der Waals surface area (Å²) >= 11 is 0. The molecule has 1 aliphatic rings. The predicted molar refractivity (Wildman–Crippen MR) is 91.2 cm³/mol. The zero-order chi connectivity index (χ0) is 17.6. The number of nitrogens with zero attached hydrogens (tertiary/aromatic N) is 2. The minimum absolute atomic E-state index is 0.358. The van der Waals surface area contributed by atoms with Gasteiger partial charge < -0.3 is 9.64 Å².